The Balaban J connectivity index is 2.18. The number of nitrogens with one attached hydrogen (secondary N) is 1. The highest BCUT2D eigenvalue weighted by molar-refractivity contribution is 6.84. The zero-order valence-corrected chi connectivity index (χ0v) is 25.1. The molecule has 1 aromatic heterocycles. The number of aromatic amines is 1. The highest BCUT2D eigenvalue weighted by atomic mass is 28.5. The van der Waals surface area contributed by atoms with Crippen molar-refractivity contribution in [2.75, 3.05) is 6.61 Å². The van der Waals surface area contributed by atoms with Crippen molar-refractivity contribution >= 4 is 23.1 Å². The zero-order valence-electron chi connectivity index (χ0n) is 23.1. The van der Waals surface area contributed by atoms with Crippen LogP contribution in [0.1, 0.15) is 74.1 Å². The summed E-state index contributed by atoms with van der Waals surface area (Å²) >= 11 is 0. The average molecular weight is 543 g/mol. The summed E-state index contributed by atoms with van der Waals surface area (Å²) in [6.45, 7) is 20.0. The number of carbonyl (C=O) groups is 1. The maximum atomic E-state index is 12.8. The van der Waals surface area contributed by atoms with Gasteiger partial charge in [-0.25, -0.2) is 4.79 Å². The molecule has 0 unspecified atom stereocenters. The summed E-state index contributed by atoms with van der Waals surface area (Å²) in [5.74, 6) is -0.523. The summed E-state index contributed by atoms with van der Waals surface area (Å²) < 4.78 is 34.4. The Hall–Kier alpha value is -1.58. The van der Waals surface area contributed by atoms with Crippen LogP contribution in [-0.2, 0) is 27.2 Å². The molecular weight excluding hydrogens is 500 g/mol. The first-order valence-electron chi connectivity index (χ1n) is 12.8. The Labute approximate surface area is 215 Å². The summed E-state index contributed by atoms with van der Waals surface area (Å²) in [5, 5.41) is 0. The number of fused-ring (bicyclic) bond motifs is 1. The number of carbonyl (C=O) groups excluding carboxylic acids is 1. The number of rotatable bonds is 6. The molecule has 0 saturated carbocycles. The minimum Gasteiger partial charge on any atom is -0.455 e. The van der Waals surface area contributed by atoms with Gasteiger partial charge in [-0.2, -0.15) is 0 Å². The topological polar surface area (TPSA) is 118 Å². The van der Waals surface area contributed by atoms with Gasteiger partial charge in [-0.05, 0) is 29.1 Å². The molecule has 0 aliphatic carbocycles. The molecule has 3 heterocycles. The largest absolute Gasteiger partial charge is 0.455 e. The van der Waals surface area contributed by atoms with Crippen LogP contribution in [0.4, 0.5) is 0 Å². The predicted molar refractivity (Wildman–Crippen MR) is 139 cm³/mol. The van der Waals surface area contributed by atoms with Crippen LogP contribution in [0.2, 0.25) is 22.2 Å². The van der Waals surface area contributed by atoms with Gasteiger partial charge in [-0.1, -0.05) is 55.4 Å². The molecule has 3 rings (SSSR count). The van der Waals surface area contributed by atoms with Crippen LogP contribution in [0.25, 0.3) is 0 Å². The van der Waals surface area contributed by atoms with Gasteiger partial charge in [0.1, 0.15) is 12.2 Å². The van der Waals surface area contributed by atoms with Gasteiger partial charge in [0.2, 0.25) is 0 Å². The van der Waals surface area contributed by atoms with E-state index in [1.807, 2.05) is 0 Å². The molecule has 12 heteroatoms. The van der Waals surface area contributed by atoms with E-state index in [0.29, 0.717) is 5.56 Å². The molecular formula is C24H42N2O8Si2. The molecule has 4 atom stereocenters. The number of aryl methyl sites for hydroxylation is 1. The Morgan fingerprint density at radius 2 is 1.58 bits per heavy atom. The molecule has 2 saturated heterocycles. The lowest BCUT2D eigenvalue weighted by Crippen LogP contribution is -2.66. The monoisotopic (exact) mass is 542 g/mol. The highest BCUT2D eigenvalue weighted by Crippen LogP contribution is 2.48. The van der Waals surface area contributed by atoms with E-state index < -0.39 is 58.9 Å². The maximum Gasteiger partial charge on any atom is 0.335 e. The molecule has 204 valence electrons. The Bertz CT molecular complexity index is 1050. The van der Waals surface area contributed by atoms with E-state index in [1.54, 1.807) is 6.92 Å². The van der Waals surface area contributed by atoms with Crippen LogP contribution < -0.4 is 11.2 Å². The number of H-pyrrole nitrogens is 1. The minimum atomic E-state index is -3.00. The number of hydrogen-bond acceptors (Lipinski definition) is 8. The number of ether oxygens (including phenoxy) is 2. The van der Waals surface area contributed by atoms with E-state index in [-0.39, 0.29) is 28.8 Å². The molecule has 36 heavy (non-hydrogen) atoms. The van der Waals surface area contributed by atoms with Crippen molar-refractivity contribution in [1.82, 2.24) is 9.55 Å². The van der Waals surface area contributed by atoms with Gasteiger partial charge in [0, 0.05) is 18.7 Å². The van der Waals surface area contributed by atoms with Crippen molar-refractivity contribution in [1.29, 1.82) is 0 Å². The average Bonchev–Trinajstić information content (AvgIpc) is 3.05. The summed E-state index contributed by atoms with van der Waals surface area (Å²) in [5.41, 5.74) is -0.334. The van der Waals surface area contributed by atoms with E-state index in [1.165, 1.54) is 17.7 Å². The molecule has 2 aliphatic rings. The molecule has 0 bridgehead atoms. The molecule has 2 fully saturated rings. The van der Waals surface area contributed by atoms with Gasteiger partial charge in [-0.3, -0.25) is 19.1 Å². The fourth-order valence-electron chi connectivity index (χ4n) is 5.44. The predicted octanol–water partition coefficient (Wildman–Crippen LogP) is 3.63. The van der Waals surface area contributed by atoms with Gasteiger partial charge >= 0.3 is 28.8 Å². The second-order valence-electron chi connectivity index (χ2n) is 11.2. The first-order chi connectivity index (χ1) is 16.7. The normalized spacial score (nSPS) is 27.8. The number of esters is 1. The van der Waals surface area contributed by atoms with Gasteiger partial charge in [-0.15, -0.1) is 0 Å². The van der Waals surface area contributed by atoms with Crippen LogP contribution in [0.15, 0.2) is 15.8 Å². The molecule has 0 aromatic carbocycles. The Morgan fingerprint density at radius 3 is 2.08 bits per heavy atom. The molecule has 0 spiro atoms. The Morgan fingerprint density at radius 1 is 1.03 bits per heavy atom. The molecule has 1 N–H and O–H groups in total. The zero-order chi connectivity index (χ0) is 27.2. The third kappa shape index (κ3) is 5.08. The number of nitrogens with zero attached hydrogens (tertiary/aromatic N) is 1. The number of aromatic nitrogens is 2. The SMILES string of the molecule is CC(=O)O[C@@H]1[C@H]2O[Si](C(C)C)(C(C)C)O[Si](C(C)C)(C(C)C)OC[C@@H]2O[C@H]1n1cc(C)c(=O)[nH]c1=O. The lowest BCUT2D eigenvalue weighted by atomic mass is 10.1. The van der Waals surface area contributed by atoms with Crippen molar-refractivity contribution in [3.8, 4) is 0 Å². The lowest BCUT2D eigenvalue weighted by Gasteiger charge is -2.51. The fraction of sp³-hybridized carbons (Fsp3) is 0.792. The number of hydrogen-bond donors (Lipinski definition) is 1. The van der Waals surface area contributed by atoms with E-state index in [2.05, 4.69) is 60.4 Å². The van der Waals surface area contributed by atoms with Crippen molar-refractivity contribution in [3.05, 3.63) is 32.6 Å². The standard InChI is InChI=1S/C24H42N2O8Si2/c1-13(2)35(14(3)4)30-12-19-20(33-36(34-35,15(5)6)16(7)8)21(31-18(10)27)23(32-19)26-11-17(9)22(28)25-24(26)29/h11,13-16,19-21,23H,12H2,1-10H3,(H,25,28,29)/t19-,20-,21+,23+/m0/s1. The van der Waals surface area contributed by atoms with Crippen molar-refractivity contribution in [2.24, 2.45) is 0 Å². The van der Waals surface area contributed by atoms with E-state index in [9.17, 15) is 14.4 Å². The third-order valence-electron chi connectivity index (χ3n) is 7.34. The molecule has 1 aromatic rings. The van der Waals surface area contributed by atoms with Crippen molar-refractivity contribution in [3.63, 3.8) is 0 Å². The summed E-state index contributed by atoms with van der Waals surface area (Å²) in [7, 11) is -5.79. The lowest BCUT2D eigenvalue weighted by molar-refractivity contribution is -0.155. The second-order valence-corrected chi connectivity index (χ2v) is 20.0. The Kier molecular flexibility index (Phi) is 8.58. The van der Waals surface area contributed by atoms with Crippen molar-refractivity contribution in [2.45, 2.75) is 116 Å². The molecule has 0 radical (unpaired) electrons. The van der Waals surface area contributed by atoms with Crippen LogP contribution in [0.3, 0.4) is 0 Å². The minimum absolute atomic E-state index is 0.0688. The summed E-state index contributed by atoms with van der Waals surface area (Å²) in [6.07, 6.45) is -1.81. The fourth-order valence-corrected chi connectivity index (χ4v) is 16.6. The van der Waals surface area contributed by atoms with E-state index in [4.69, 9.17) is 22.4 Å². The van der Waals surface area contributed by atoms with Gasteiger partial charge in [0.05, 0.1) is 6.61 Å². The summed E-state index contributed by atoms with van der Waals surface area (Å²) in [4.78, 5) is 39.3. The van der Waals surface area contributed by atoms with Crippen LogP contribution >= 0.6 is 0 Å². The molecule has 0 amide bonds. The first-order valence-corrected chi connectivity index (χ1v) is 16.8. The van der Waals surface area contributed by atoms with Gasteiger partial charge < -0.3 is 22.4 Å². The highest BCUT2D eigenvalue weighted by Gasteiger charge is 2.62. The van der Waals surface area contributed by atoms with Gasteiger partial charge in [0.25, 0.3) is 5.56 Å². The molecule has 10 nitrogen and oxygen atoms in total. The third-order valence-corrected chi connectivity index (χ3v) is 17.6. The van der Waals surface area contributed by atoms with Crippen LogP contribution in [0.5, 0.6) is 0 Å². The van der Waals surface area contributed by atoms with Crippen LogP contribution in [0, 0.1) is 6.92 Å². The van der Waals surface area contributed by atoms with Gasteiger partial charge in [0.15, 0.2) is 12.3 Å². The smallest absolute Gasteiger partial charge is 0.335 e. The van der Waals surface area contributed by atoms with E-state index >= 15 is 0 Å². The second kappa shape index (κ2) is 10.7. The summed E-state index contributed by atoms with van der Waals surface area (Å²) in [6, 6.07) is 0. The van der Waals surface area contributed by atoms with Crippen molar-refractivity contribution < 1.29 is 27.2 Å². The molecule has 2 aliphatic heterocycles. The van der Waals surface area contributed by atoms with E-state index in [0.717, 1.165) is 0 Å². The van der Waals surface area contributed by atoms with Crippen LogP contribution in [-0.4, -0.2) is 57.6 Å². The first kappa shape index (κ1) is 29.0. The quantitative estimate of drug-likeness (QED) is 0.428. The maximum absolute atomic E-state index is 12.8.